The molecule has 0 spiro atoms. The maximum atomic E-state index is 12.6. The van der Waals surface area contributed by atoms with Crippen molar-refractivity contribution in [3.05, 3.63) is 24.3 Å². The maximum absolute atomic E-state index is 12.6. The van der Waals surface area contributed by atoms with Crippen LogP contribution in [0.25, 0.3) is 0 Å². The second kappa shape index (κ2) is 8.71. The van der Waals surface area contributed by atoms with Gasteiger partial charge in [0.15, 0.2) is 17.6 Å². The van der Waals surface area contributed by atoms with E-state index in [1.165, 1.54) is 0 Å². The number of carboxylic acids is 1. The van der Waals surface area contributed by atoms with Gasteiger partial charge in [-0.1, -0.05) is 12.1 Å². The van der Waals surface area contributed by atoms with Gasteiger partial charge in [-0.3, -0.25) is 14.5 Å². The third kappa shape index (κ3) is 5.35. The van der Waals surface area contributed by atoms with Crippen molar-refractivity contribution in [2.24, 2.45) is 0 Å². The molecule has 0 radical (unpaired) electrons. The fourth-order valence-electron chi connectivity index (χ4n) is 2.67. The third-order valence-corrected chi connectivity index (χ3v) is 4.13. The number of nitrogens with zero attached hydrogens (tertiary/aromatic N) is 2. The highest BCUT2D eigenvalue weighted by Crippen LogP contribution is 2.31. The van der Waals surface area contributed by atoms with Crippen molar-refractivity contribution >= 4 is 11.9 Å². The van der Waals surface area contributed by atoms with Gasteiger partial charge in [-0.15, -0.1) is 0 Å². The Kier molecular flexibility index (Phi) is 6.64. The van der Waals surface area contributed by atoms with E-state index in [0.29, 0.717) is 31.2 Å². The molecule has 7 heteroatoms. The van der Waals surface area contributed by atoms with Crippen LogP contribution in [0.4, 0.5) is 0 Å². The van der Waals surface area contributed by atoms with Crippen molar-refractivity contribution in [3.8, 4) is 11.5 Å². The highest BCUT2D eigenvalue weighted by molar-refractivity contribution is 5.79. The molecule has 0 aromatic heterocycles. The van der Waals surface area contributed by atoms with Gasteiger partial charge in [0, 0.05) is 12.6 Å². The molecule has 1 aliphatic rings. The normalized spacial score (nSPS) is 16.1. The SMILES string of the molecule is CCN(CC1COc2ccccc2O1)C(=O)CN(CC(=O)O)C(C)C. The first-order valence-electron chi connectivity index (χ1n) is 8.52. The van der Waals surface area contributed by atoms with Gasteiger partial charge in [-0.25, -0.2) is 0 Å². The third-order valence-electron chi connectivity index (χ3n) is 4.13. The monoisotopic (exact) mass is 350 g/mol. The van der Waals surface area contributed by atoms with Gasteiger partial charge in [-0.2, -0.15) is 0 Å². The average Bonchev–Trinajstić information content (AvgIpc) is 2.58. The summed E-state index contributed by atoms with van der Waals surface area (Å²) >= 11 is 0. The second-order valence-corrected chi connectivity index (χ2v) is 6.32. The van der Waals surface area contributed by atoms with Crippen LogP contribution in [-0.2, 0) is 9.59 Å². The Morgan fingerprint density at radius 3 is 2.52 bits per heavy atom. The smallest absolute Gasteiger partial charge is 0.317 e. The van der Waals surface area contributed by atoms with Crippen molar-refractivity contribution in [3.63, 3.8) is 0 Å². The molecule has 1 aromatic rings. The Morgan fingerprint density at radius 1 is 1.24 bits per heavy atom. The predicted molar refractivity (Wildman–Crippen MR) is 93.0 cm³/mol. The van der Waals surface area contributed by atoms with E-state index in [1.807, 2.05) is 45.0 Å². The van der Waals surface area contributed by atoms with Crippen LogP contribution in [0.3, 0.4) is 0 Å². The van der Waals surface area contributed by atoms with Crippen LogP contribution in [-0.4, -0.2) is 71.7 Å². The van der Waals surface area contributed by atoms with Gasteiger partial charge >= 0.3 is 5.97 Å². The second-order valence-electron chi connectivity index (χ2n) is 6.32. The fraction of sp³-hybridized carbons (Fsp3) is 0.556. The molecule has 7 nitrogen and oxygen atoms in total. The Labute approximate surface area is 148 Å². The minimum Gasteiger partial charge on any atom is -0.486 e. The maximum Gasteiger partial charge on any atom is 0.317 e. The Balaban J connectivity index is 1.95. The first kappa shape index (κ1) is 19.1. The molecule has 0 saturated heterocycles. The van der Waals surface area contributed by atoms with Gasteiger partial charge in [0.25, 0.3) is 0 Å². The van der Waals surface area contributed by atoms with Gasteiger partial charge in [0.1, 0.15) is 6.61 Å². The molecule has 0 aliphatic carbocycles. The van der Waals surface area contributed by atoms with Crippen LogP contribution in [0.15, 0.2) is 24.3 Å². The summed E-state index contributed by atoms with van der Waals surface area (Å²) in [5.41, 5.74) is 0. The molecule has 0 saturated carbocycles. The van der Waals surface area contributed by atoms with E-state index >= 15 is 0 Å². The molecule has 2 rings (SSSR count). The lowest BCUT2D eigenvalue weighted by Crippen LogP contribution is -2.48. The summed E-state index contributed by atoms with van der Waals surface area (Å²) in [6.07, 6.45) is -0.245. The Morgan fingerprint density at radius 2 is 1.92 bits per heavy atom. The summed E-state index contributed by atoms with van der Waals surface area (Å²) < 4.78 is 11.6. The number of para-hydroxylation sites is 2. The average molecular weight is 350 g/mol. The molecule has 1 N–H and O–H groups in total. The van der Waals surface area contributed by atoms with E-state index in [4.69, 9.17) is 14.6 Å². The number of carboxylic acid groups (broad SMARTS) is 1. The number of aliphatic carboxylic acids is 1. The zero-order valence-corrected chi connectivity index (χ0v) is 15.0. The number of ether oxygens (including phenoxy) is 2. The van der Waals surface area contributed by atoms with Crippen LogP contribution in [0, 0.1) is 0 Å². The standard InChI is InChI=1S/C18H26N2O5/c1-4-19(17(21)10-20(13(2)3)11-18(22)23)9-14-12-24-15-7-5-6-8-16(15)25-14/h5-8,13-14H,4,9-12H2,1-3H3,(H,22,23). The zero-order valence-electron chi connectivity index (χ0n) is 15.0. The van der Waals surface area contributed by atoms with E-state index in [-0.39, 0.29) is 31.1 Å². The van der Waals surface area contributed by atoms with Crippen molar-refractivity contribution in [2.45, 2.75) is 32.9 Å². The molecule has 1 atom stereocenters. The van der Waals surface area contributed by atoms with Crippen molar-refractivity contribution in [2.75, 3.05) is 32.8 Å². The molecule has 1 unspecified atom stereocenters. The van der Waals surface area contributed by atoms with E-state index in [1.54, 1.807) is 9.80 Å². The van der Waals surface area contributed by atoms with Crippen molar-refractivity contribution in [1.82, 2.24) is 9.80 Å². The molecular weight excluding hydrogens is 324 g/mol. The summed E-state index contributed by atoms with van der Waals surface area (Å²) in [6.45, 7) is 6.88. The number of hydrogen-bond acceptors (Lipinski definition) is 5. The molecule has 1 heterocycles. The molecule has 1 aromatic carbocycles. The Bertz CT molecular complexity index is 605. The highest BCUT2D eigenvalue weighted by Gasteiger charge is 2.26. The molecule has 1 aliphatic heterocycles. The van der Waals surface area contributed by atoms with Crippen LogP contribution < -0.4 is 9.47 Å². The molecule has 0 bridgehead atoms. The number of amides is 1. The molecule has 0 fully saturated rings. The number of hydrogen-bond donors (Lipinski definition) is 1. The van der Waals surface area contributed by atoms with Crippen molar-refractivity contribution in [1.29, 1.82) is 0 Å². The van der Waals surface area contributed by atoms with Gasteiger partial charge in [-0.05, 0) is 32.9 Å². The number of benzene rings is 1. The minimum absolute atomic E-state index is 0.0279. The summed E-state index contributed by atoms with van der Waals surface area (Å²) in [4.78, 5) is 26.9. The van der Waals surface area contributed by atoms with Crippen LogP contribution in [0.2, 0.25) is 0 Å². The van der Waals surface area contributed by atoms with Crippen LogP contribution >= 0.6 is 0 Å². The molecular formula is C18H26N2O5. The molecule has 1 amide bonds. The van der Waals surface area contributed by atoms with E-state index in [0.717, 1.165) is 0 Å². The zero-order chi connectivity index (χ0) is 18.4. The summed E-state index contributed by atoms with van der Waals surface area (Å²) in [5, 5.41) is 8.99. The van der Waals surface area contributed by atoms with Crippen LogP contribution in [0.5, 0.6) is 11.5 Å². The lowest BCUT2D eigenvalue weighted by molar-refractivity contribution is -0.140. The van der Waals surface area contributed by atoms with Crippen LogP contribution in [0.1, 0.15) is 20.8 Å². The van der Waals surface area contributed by atoms with Gasteiger partial charge < -0.3 is 19.5 Å². The number of carbonyl (C=O) groups excluding carboxylic acids is 1. The number of rotatable bonds is 8. The quantitative estimate of drug-likeness (QED) is 0.765. The predicted octanol–water partition coefficient (Wildman–Crippen LogP) is 1.47. The Hall–Kier alpha value is -2.28. The van der Waals surface area contributed by atoms with E-state index in [9.17, 15) is 9.59 Å². The summed E-state index contributed by atoms with van der Waals surface area (Å²) in [6, 6.07) is 7.42. The lowest BCUT2D eigenvalue weighted by Gasteiger charge is -2.32. The molecule has 138 valence electrons. The fourth-order valence-corrected chi connectivity index (χ4v) is 2.67. The number of likely N-dealkylation sites (N-methyl/N-ethyl adjacent to an activating group) is 1. The first-order valence-corrected chi connectivity index (χ1v) is 8.52. The highest BCUT2D eigenvalue weighted by atomic mass is 16.6. The summed E-state index contributed by atoms with van der Waals surface area (Å²) in [7, 11) is 0. The largest absolute Gasteiger partial charge is 0.486 e. The van der Waals surface area contributed by atoms with E-state index in [2.05, 4.69) is 0 Å². The number of carbonyl (C=O) groups is 2. The number of fused-ring (bicyclic) bond motifs is 1. The minimum atomic E-state index is -0.940. The van der Waals surface area contributed by atoms with Crippen molar-refractivity contribution < 1.29 is 24.2 Å². The topological polar surface area (TPSA) is 79.3 Å². The molecule has 25 heavy (non-hydrogen) atoms. The van der Waals surface area contributed by atoms with Gasteiger partial charge in [0.2, 0.25) is 5.91 Å². The van der Waals surface area contributed by atoms with Gasteiger partial charge in [0.05, 0.1) is 19.6 Å². The van der Waals surface area contributed by atoms with E-state index < -0.39 is 5.97 Å². The first-order chi connectivity index (χ1) is 11.9. The lowest BCUT2D eigenvalue weighted by atomic mass is 10.2. The summed E-state index contributed by atoms with van der Waals surface area (Å²) in [5.74, 6) is 0.336.